The quantitative estimate of drug-likeness (QED) is 0.718. The van der Waals surface area contributed by atoms with Crippen LogP contribution in [0.5, 0.6) is 0 Å². The number of carbonyl (C=O) groups excluding carboxylic acids is 1. The third-order valence-electron chi connectivity index (χ3n) is 4.67. The maximum Gasteiger partial charge on any atom is 0.274 e. The fraction of sp³-hybridized carbons (Fsp3) is 0.706. The molecule has 3 atom stereocenters. The molecule has 7 nitrogen and oxygen atoms in total. The molecule has 7 heteroatoms. The number of hydrogen-bond acceptors (Lipinski definition) is 6. The van der Waals surface area contributed by atoms with Crippen molar-refractivity contribution in [3.63, 3.8) is 0 Å². The standard InChI is InChI=1S/C17H26N4O3/c1-20(2)9-10-23-12-13-3-4-15-16(24-13)5-8-21(15)17(22)14-11-18-6-7-19-14/h6-7,11,13,15-16H,3-5,8-10,12H2,1-2H3/t13-,15-,16-/m0/s1. The minimum Gasteiger partial charge on any atom is -0.377 e. The van der Waals surface area contributed by atoms with E-state index in [-0.39, 0.29) is 24.2 Å². The second kappa shape index (κ2) is 8.00. The van der Waals surface area contributed by atoms with Gasteiger partial charge in [0.05, 0.1) is 37.7 Å². The summed E-state index contributed by atoms with van der Waals surface area (Å²) in [5.74, 6) is -0.0418. The van der Waals surface area contributed by atoms with Crippen LogP contribution in [0.1, 0.15) is 29.8 Å². The molecule has 1 amide bonds. The molecule has 3 rings (SSSR count). The van der Waals surface area contributed by atoms with E-state index in [0.29, 0.717) is 12.3 Å². The number of ether oxygens (including phenoxy) is 2. The van der Waals surface area contributed by atoms with Crippen molar-refractivity contribution in [1.29, 1.82) is 0 Å². The van der Waals surface area contributed by atoms with E-state index in [2.05, 4.69) is 14.9 Å². The Hall–Kier alpha value is -1.57. The Labute approximate surface area is 143 Å². The molecule has 1 aromatic rings. The van der Waals surface area contributed by atoms with Gasteiger partial charge in [-0.1, -0.05) is 0 Å². The maximum absolute atomic E-state index is 12.6. The summed E-state index contributed by atoms with van der Waals surface area (Å²) in [5, 5.41) is 0. The highest BCUT2D eigenvalue weighted by atomic mass is 16.5. The van der Waals surface area contributed by atoms with Crippen LogP contribution >= 0.6 is 0 Å². The van der Waals surface area contributed by atoms with Crippen molar-refractivity contribution >= 4 is 5.91 Å². The van der Waals surface area contributed by atoms with Gasteiger partial charge in [-0.3, -0.25) is 9.78 Å². The molecule has 0 bridgehead atoms. The Bertz CT molecular complexity index is 540. The van der Waals surface area contributed by atoms with E-state index in [9.17, 15) is 4.79 Å². The van der Waals surface area contributed by atoms with E-state index in [0.717, 1.165) is 39.0 Å². The maximum atomic E-state index is 12.6. The summed E-state index contributed by atoms with van der Waals surface area (Å²) in [7, 11) is 4.07. The SMILES string of the molecule is CN(C)CCOC[C@@H]1CC[C@H]2[C@H](CCN2C(=O)c2cnccn2)O1. The summed E-state index contributed by atoms with van der Waals surface area (Å²) in [4.78, 5) is 24.7. The van der Waals surface area contributed by atoms with Crippen molar-refractivity contribution in [3.8, 4) is 0 Å². The van der Waals surface area contributed by atoms with Gasteiger partial charge >= 0.3 is 0 Å². The van der Waals surface area contributed by atoms with Gasteiger partial charge in [-0.15, -0.1) is 0 Å². The molecule has 3 heterocycles. The lowest BCUT2D eigenvalue weighted by atomic mass is 9.99. The largest absolute Gasteiger partial charge is 0.377 e. The van der Waals surface area contributed by atoms with E-state index in [4.69, 9.17) is 9.47 Å². The second-order valence-electron chi connectivity index (χ2n) is 6.70. The lowest BCUT2D eigenvalue weighted by molar-refractivity contribution is -0.0970. The number of nitrogens with zero attached hydrogens (tertiary/aromatic N) is 4. The van der Waals surface area contributed by atoms with Crippen LogP contribution in [0, 0.1) is 0 Å². The second-order valence-corrected chi connectivity index (χ2v) is 6.70. The Morgan fingerprint density at radius 3 is 3.00 bits per heavy atom. The minimum atomic E-state index is -0.0418. The van der Waals surface area contributed by atoms with Crippen molar-refractivity contribution < 1.29 is 14.3 Å². The average Bonchev–Trinajstić information content (AvgIpc) is 3.02. The molecule has 0 spiro atoms. The van der Waals surface area contributed by atoms with Crippen LogP contribution in [0.3, 0.4) is 0 Å². The molecule has 0 aromatic carbocycles. The van der Waals surface area contributed by atoms with Gasteiger partial charge in [0.1, 0.15) is 5.69 Å². The molecule has 2 saturated heterocycles. The molecule has 1 aromatic heterocycles. The molecule has 0 N–H and O–H groups in total. The highest BCUT2D eigenvalue weighted by molar-refractivity contribution is 5.92. The lowest BCUT2D eigenvalue weighted by Gasteiger charge is -2.35. The van der Waals surface area contributed by atoms with E-state index in [1.54, 1.807) is 12.4 Å². The summed E-state index contributed by atoms with van der Waals surface area (Å²) in [6.07, 6.45) is 7.67. The first kappa shape index (κ1) is 17.3. The molecule has 24 heavy (non-hydrogen) atoms. The molecule has 2 aliphatic heterocycles. The van der Waals surface area contributed by atoms with Crippen molar-refractivity contribution in [2.24, 2.45) is 0 Å². The fourth-order valence-electron chi connectivity index (χ4n) is 3.39. The molecular weight excluding hydrogens is 308 g/mol. The fourth-order valence-corrected chi connectivity index (χ4v) is 3.39. The van der Waals surface area contributed by atoms with Gasteiger partial charge in [0.25, 0.3) is 5.91 Å². The van der Waals surface area contributed by atoms with Crippen LogP contribution in [0.15, 0.2) is 18.6 Å². The van der Waals surface area contributed by atoms with Gasteiger partial charge < -0.3 is 19.3 Å². The minimum absolute atomic E-state index is 0.0418. The van der Waals surface area contributed by atoms with Gasteiger partial charge in [-0.25, -0.2) is 4.98 Å². The van der Waals surface area contributed by atoms with Gasteiger partial charge in [-0.05, 0) is 33.4 Å². The molecule has 0 unspecified atom stereocenters. The van der Waals surface area contributed by atoms with Gasteiger partial charge in [0.2, 0.25) is 0 Å². The van der Waals surface area contributed by atoms with Crippen LogP contribution in [0.4, 0.5) is 0 Å². The predicted octanol–water partition coefficient (Wildman–Crippen LogP) is 0.817. The first-order chi connectivity index (χ1) is 11.6. The van der Waals surface area contributed by atoms with Crippen molar-refractivity contribution in [1.82, 2.24) is 19.8 Å². The Kier molecular flexibility index (Phi) is 5.76. The van der Waals surface area contributed by atoms with E-state index >= 15 is 0 Å². The Balaban J connectivity index is 1.49. The number of likely N-dealkylation sites (N-methyl/N-ethyl adjacent to an activating group) is 1. The number of fused-ring (bicyclic) bond motifs is 1. The predicted molar refractivity (Wildman–Crippen MR) is 88.7 cm³/mol. The van der Waals surface area contributed by atoms with E-state index < -0.39 is 0 Å². The zero-order valence-corrected chi connectivity index (χ0v) is 14.4. The van der Waals surface area contributed by atoms with E-state index in [1.807, 2.05) is 19.0 Å². The van der Waals surface area contributed by atoms with Gasteiger partial charge in [-0.2, -0.15) is 0 Å². The number of aromatic nitrogens is 2. The molecule has 132 valence electrons. The summed E-state index contributed by atoms with van der Waals surface area (Å²) in [5.41, 5.74) is 0.410. The van der Waals surface area contributed by atoms with E-state index in [1.165, 1.54) is 6.20 Å². The number of rotatable bonds is 6. The zero-order valence-electron chi connectivity index (χ0n) is 14.4. The van der Waals surface area contributed by atoms with Crippen LogP contribution in [-0.2, 0) is 9.47 Å². The highest BCUT2D eigenvalue weighted by Gasteiger charge is 2.42. The Morgan fingerprint density at radius 2 is 2.25 bits per heavy atom. The molecule has 0 aliphatic carbocycles. The summed E-state index contributed by atoms with van der Waals surface area (Å²) >= 11 is 0. The molecule has 2 aliphatic rings. The number of carbonyl (C=O) groups is 1. The highest BCUT2D eigenvalue weighted by Crippen LogP contribution is 2.32. The normalized spacial score (nSPS) is 26.6. The van der Waals surface area contributed by atoms with Gasteiger partial charge in [0.15, 0.2) is 0 Å². The van der Waals surface area contributed by atoms with Gasteiger partial charge in [0, 0.05) is 25.5 Å². The first-order valence-electron chi connectivity index (χ1n) is 8.60. The number of hydrogen-bond donors (Lipinski definition) is 0. The molecular formula is C17H26N4O3. The van der Waals surface area contributed by atoms with Crippen LogP contribution in [0.2, 0.25) is 0 Å². The molecule has 0 radical (unpaired) electrons. The third-order valence-corrected chi connectivity index (χ3v) is 4.67. The Morgan fingerprint density at radius 1 is 1.38 bits per heavy atom. The van der Waals surface area contributed by atoms with Crippen molar-refractivity contribution in [2.45, 2.75) is 37.5 Å². The van der Waals surface area contributed by atoms with Crippen molar-refractivity contribution in [2.75, 3.05) is 40.4 Å². The smallest absolute Gasteiger partial charge is 0.274 e. The van der Waals surface area contributed by atoms with Crippen LogP contribution in [-0.4, -0.2) is 84.3 Å². The average molecular weight is 334 g/mol. The number of likely N-dealkylation sites (tertiary alicyclic amines) is 1. The number of amides is 1. The first-order valence-corrected chi connectivity index (χ1v) is 8.60. The third kappa shape index (κ3) is 4.09. The van der Waals surface area contributed by atoms with Crippen molar-refractivity contribution in [3.05, 3.63) is 24.3 Å². The summed E-state index contributed by atoms with van der Waals surface area (Å²) < 4.78 is 11.9. The lowest BCUT2D eigenvalue weighted by Crippen LogP contribution is -2.46. The monoisotopic (exact) mass is 334 g/mol. The van der Waals surface area contributed by atoms with Crippen LogP contribution < -0.4 is 0 Å². The topological polar surface area (TPSA) is 67.8 Å². The summed E-state index contributed by atoms with van der Waals surface area (Å²) in [6, 6.07) is 0.150. The molecule has 0 saturated carbocycles. The molecule has 2 fully saturated rings. The summed E-state index contributed by atoms with van der Waals surface area (Å²) in [6.45, 7) is 2.99. The zero-order chi connectivity index (χ0) is 16.9. The van der Waals surface area contributed by atoms with Crippen LogP contribution in [0.25, 0.3) is 0 Å².